The third-order valence-corrected chi connectivity index (χ3v) is 8.83. The summed E-state index contributed by atoms with van der Waals surface area (Å²) >= 11 is 0. The Morgan fingerprint density at radius 1 is 0.841 bits per heavy atom. The molecule has 5 aromatic rings. The van der Waals surface area contributed by atoms with Gasteiger partial charge in [-0.3, -0.25) is 4.79 Å². The molecule has 1 aliphatic carbocycles. The molecular formula is C37H42N6O. The Bertz CT molecular complexity index is 1740. The van der Waals surface area contributed by atoms with Gasteiger partial charge in [-0.2, -0.15) is 4.98 Å². The summed E-state index contributed by atoms with van der Waals surface area (Å²) in [6, 6.07) is 30.9. The van der Waals surface area contributed by atoms with Crippen molar-refractivity contribution < 1.29 is 4.79 Å². The maximum Gasteiger partial charge on any atom is 0.252 e. The van der Waals surface area contributed by atoms with E-state index in [-0.39, 0.29) is 11.9 Å². The fourth-order valence-electron chi connectivity index (χ4n) is 6.45. The van der Waals surface area contributed by atoms with Crippen LogP contribution >= 0.6 is 0 Å². The first-order valence-corrected chi connectivity index (χ1v) is 15.7. The van der Waals surface area contributed by atoms with Crippen LogP contribution in [-0.2, 0) is 6.54 Å². The number of rotatable bonds is 10. The van der Waals surface area contributed by atoms with Gasteiger partial charge in [-0.25, -0.2) is 4.98 Å². The number of nitrogens with zero attached hydrogens (tertiary/aromatic N) is 3. The van der Waals surface area contributed by atoms with Crippen molar-refractivity contribution in [3.8, 4) is 0 Å². The van der Waals surface area contributed by atoms with E-state index in [4.69, 9.17) is 9.97 Å². The van der Waals surface area contributed by atoms with Crippen molar-refractivity contribution in [2.24, 2.45) is 5.92 Å². The molecule has 0 bridgehead atoms. The van der Waals surface area contributed by atoms with E-state index >= 15 is 0 Å². The number of para-hydroxylation sites is 1. The van der Waals surface area contributed by atoms with Gasteiger partial charge in [0, 0.05) is 37.6 Å². The minimum atomic E-state index is -0.104. The molecule has 0 aliphatic heterocycles. The molecule has 1 heterocycles. The van der Waals surface area contributed by atoms with Gasteiger partial charge in [0.15, 0.2) is 0 Å². The highest BCUT2D eigenvalue weighted by Crippen LogP contribution is 2.29. The van der Waals surface area contributed by atoms with Crippen LogP contribution in [0.3, 0.4) is 0 Å². The van der Waals surface area contributed by atoms with Crippen LogP contribution in [0.1, 0.15) is 60.1 Å². The maximum atomic E-state index is 13.4. The van der Waals surface area contributed by atoms with E-state index < -0.39 is 0 Å². The molecule has 1 amide bonds. The molecule has 7 nitrogen and oxygen atoms in total. The van der Waals surface area contributed by atoms with Crippen LogP contribution in [0.25, 0.3) is 21.7 Å². The van der Waals surface area contributed by atoms with Crippen molar-refractivity contribution in [3.63, 3.8) is 0 Å². The van der Waals surface area contributed by atoms with E-state index in [0.29, 0.717) is 24.5 Å². The first kappa shape index (κ1) is 29.6. The van der Waals surface area contributed by atoms with Gasteiger partial charge < -0.3 is 20.9 Å². The number of fused-ring (bicyclic) bond motifs is 2. The standard InChI is InChI=1S/C37H42N6O/c1-25(30-17-10-13-27-11-4-6-14-31(27)30)39-36(44)32-15-7-5-12-28(32)24-38-23-26-19-21-29(22-20-26)40-37-41-34-18-9-8-16-33(34)35(42-37)43(2)3/h4-18,25-26,29,38H,19-24H2,1-3H3,(H,39,44)(H,40,41,42)/t25-,26?,29?/m1/s1. The molecule has 0 spiro atoms. The Hall–Kier alpha value is -4.49. The van der Waals surface area contributed by atoms with Crippen LogP contribution in [-0.4, -0.2) is 42.6 Å². The number of carbonyl (C=O) groups excluding carboxylic acids is 1. The second-order valence-corrected chi connectivity index (χ2v) is 12.2. The summed E-state index contributed by atoms with van der Waals surface area (Å²) < 4.78 is 0. The van der Waals surface area contributed by atoms with E-state index in [1.54, 1.807) is 0 Å². The summed E-state index contributed by atoms with van der Waals surface area (Å²) in [4.78, 5) is 25.1. The Kier molecular flexibility index (Phi) is 9.03. The van der Waals surface area contributed by atoms with Crippen LogP contribution in [0.15, 0.2) is 91.0 Å². The van der Waals surface area contributed by atoms with Gasteiger partial charge in [-0.05, 0) is 85.2 Å². The third kappa shape index (κ3) is 6.68. The summed E-state index contributed by atoms with van der Waals surface area (Å²) in [5.41, 5.74) is 3.84. The molecule has 1 aromatic heterocycles. The quantitative estimate of drug-likeness (QED) is 0.162. The first-order chi connectivity index (χ1) is 21.5. The van der Waals surface area contributed by atoms with Crippen molar-refractivity contribution in [1.29, 1.82) is 0 Å². The molecule has 44 heavy (non-hydrogen) atoms. The fourth-order valence-corrected chi connectivity index (χ4v) is 6.45. The monoisotopic (exact) mass is 586 g/mol. The molecule has 1 fully saturated rings. The number of aromatic nitrogens is 2. The number of carbonyl (C=O) groups is 1. The zero-order chi connectivity index (χ0) is 30.5. The van der Waals surface area contributed by atoms with Gasteiger partial charge in [0.1, 0.15) is 5.82 Å². The lowest BCUT2D eigenvalue weighted by atomic mass is 9.86. The van der Waals surface area contributed by atoms with Crippen LogP contribution in [0.4, 0.5) is 11.8 Å². The van der Waals surface area contributed by atoms with Gasteiger partial charge >= 0.3 is 0 Å². The van der Waals surface area contributed by atoms with E-state index in [2.05, 4.69) is 65.3 Å². The van der Waals surface area contributed by atoms with E-state index in [1.807, 2.05) is 67.5 Å². The zero-order valence-electron chi connectivity index (χ0n) is 25.9. The highest BCUT2D eigenvalue weighted by atomic mass is 16.1. The Labute approximate surface area is 260 Å². The highest BCUT2D eigenvalue weighted by molar-refractivity contribution is 5.96. The second-order valence-electron chi connectivity index (χ2n) is 12.2. The molecule has 6 rings (SSSR count). The van der Waals surface area contributed by atoms with Gasteiger partial charge in [0.05, 0.1) is 11.6 Å². The highest BCUT2D eigenvalue weighted by Gasteiger charge is 2.23. The minimum Gasteiger partial charge on any atom is -0.362 e. The Balaban J connectivity index is 1.01. The van der Waals surface area contributed by atoms with E-state index in [1.165, 1.54) is 10.8 Å². The zero-order valence-corrected chi connectivity index (χ0v) is 25.9. The molecule has 0 saturated heterocycles. The fraction of sp³-hybridized carbons (Fsp3) is 0.324. The molecule has 1 atom stereocenters. The predicted octanol–water partition coefficient (Wildman–Crippen LogP) is 7.10. The summed E-state index contributed by atoms with van der Waals surface area (Å²) in [6.07, 6.45) is 4.46. The number of amides is 1. The molecule has 0 unspecified atom stereocenters. The number of anilines is 2. The van der Waals surface area contributed by atoms with Crippen molar-refractivity contribution in [2.45, 2.75) is 51.2 Å². The van der Waals surface area contributed by atoms with Gasteiger partial charge in [-0.15, -0.1) is 0 Å². The third-order valence-electron chi connectivity index (χ3n) is 8.83. The molecule has 3 N–H and O–H groups in total. The normalized spacial score (nSPS) is 17.3. The van der Waals surface area contributed by atoms with Crippen LogP contribution in [0, 0.1) is 5.92 Å². The molecule has 226 valence electrons. The lowest BCUT2D eigenvalue weighted by Crippen LogP contribution is -2.32. The molecule has 0 radical (unpaired) electrons. The number of benzene rings is 4. The van der Waals surface area contributed by atoms with Crippen molar-refractivity contribution in [3.05, 3.63) is 108 Å². The summed E-state index contributed by atoms with van der Waals surface area (Å²) in [7, 11) is 4.04. The van der Waals surface area contributed by atoms with Crippen LogP contribution in [0.2, 0.25) is 0 Å². The van der Waals surface area contributed by atoms with E-state index in [9.17, 15) is 4.79 Å². The average Bonchev–Trinajstić information content (AvgIpc) is 3.05. The summed E-state index contributed by atoms with van der Waals surface area (Å²) in [6.45, 7) is 3.66. The Morgan fingerprint density at radius 2 is 1.55 bits per heavy atom. The first-order valence-electron chi connectivity index (χ1n) is 15.7. The van der Waals surface area contributed by atoms with Crippen molar-refractivity contribution in [2.75, 3.05) is 30.9 Å². The average molecular weight is 587 g/mol. The van der Waals surface area contributed by atoms with Crippen LogP contribution < -0.4 is 20.9 Å². The lowest BCUT2D eigenvalue weighted by molar-refractivity contribution is 0.0939. The second kappa shape index (κ2) is 13.4. The van der Waals surface area contributed by atoms with Crippen LogP contribution in [0.5, 0.6) is 0 Å². The molecule has 1 saturated carbocycles. The van der Waals surface area contributed by atoms with Crippen molar-refractivity contribution in [1.82, 2.24) is 20.6 Å². The Morgan fingerprint density at radius 3 is 2.36 bits per heavy atom. The number of nitrogens with one attached hydrogen (secondary N) is 3. The molecular weight excluding hydrogens is 544 g/mol. The SMILES string of the molecule is C[C@@H](NC(=O)c1ccccc1CNCC1CCC(Nc2nc(N(C)C)c3ccccc3n2)CC1)c1cccc2ccccc12. The predicted molar refractivity (Wildman–Crippen MR) is 181 cm³/mol. The smallest absolute Gasteiger partial charge is 0.252 e. The van der Waals surface area contributed by atoms with Gasteiger partial charge in [0.25, 0.3) is 5.91 Å². The maximum absolute atomic E-state index is 13.4. The number of hydrogen-bond acceptors (Lipinski definition) is 6. The van der Waals surface area contributed by atoms with Gasteiger partial charge in [0.2, 0.25) is 5.95 Å². The van der Waals surface area contributed by atoms with Gasteiger partial charge in [-0.1, -0.05) is 72.8 Å². The number of hydrogen-bond donors (Lipinski definition) is 3. The molecule has 1 aliphatic rings. The summed E-state index contributed by atoms with van der Waals surface area (Å²) in [5.74, 6) is 2.21. The van der Waals surface area contributed by atoms with E-state index in [0.717, 1.165) is 65.6 Å². The molecule has 4 aromatic carbocycles. The lowest BCUT2D eigenvalue weighted by Gasteiger charge is -2.29. The molecule has 7 heteroatoms. The largest absolute Gasteiger partial charge is 0.362 e. The summed E-state index contributed by atoms with van der Waals surface area (Å²) in [5, 5.41) is 13.9. The van der Waals surface area contributed by atoms with Crippen molar-refractivity contribution >= 4 is 39.3 Å². The topological polar surface area (TPSA) is 82.2 Å². The minimum absolute atomic E-state index is 0.0391.